The first-order valence-corrected chi connectivity index (χ1v) is 10.5. The van der Waals surface area contributed by atoms with Gasteiger partial charge in [-0.3, -0.25) is 4.79 Å². The number of carbonyl (C=O) groups excluding carboxylic acids is 2. The summed E-state index contributed by atoms with van der Waals surface area (Å²) < 4.78 is 10.8. The number of amides is 1. The molecule has 2 aromatic rings. The lowest BCUT2D eigenvalue weighted by atomic mass is 10.2. The van der Waals surface area contributed by atoms with Crippen LogP contribution in [0, 0.1) is 0 Å². The lowest BCUT2D eigenvalue weighted by Crippen LogP contribution is -2.28. The van der Waals surface area contributed by atoms with Crippen LogP contribution in [0.4, 0.5) is 0 Å². The van der Waals surface area contributed by atoms with Crippen molar-refractivity contribution in [1.29, 1.82) is 0 Å². The number of thioether (sulfide) groups is 1. The quantitative estimate of drug-likeness (QED) is 0.515. The Kier molecular flexibility index (Phi) is 7.77. The lowest BCUT2D eigenvalue weighted by Gasteiger charge is -2.12. The lowest BCUT2D eigenvalue weighted by molar-refractivity contribution is -0.124. The minimum Gasteiger partial charge on any atom is -0.452 e. The van der Waals surface area contributed by atoms with Crippen LogP contribution in [-0.2, 0) is 20.8 Å². The van der Waals surface area contributed by atoms with E-state index in [9.17, 15) is 9.59 Å². The van der Waals surface area contributed by atoms with Crippen LogP contribution in [0.1, 0.15) is 28.8 Å². The number of halogens is 1. The van der Waals surface area contributed by atoms with Crippen molar-refractivity contribution in [2.75, 3.05) is 19.0 Å². The fourth-order valence-corrected chi connectivity index (χ4v) is 4.02. The van der Waals surface area contributed by atoms with E-state index >= 15 is 0 Å². The summed E-state index contributed by atoms with van der Waals surface area (Å²) in [7, 11) is 0. The Morgan fingerprint density at radius 1 is 1.18 bits per heavy atom. The Hall–Kier alpha value is -2.02. The molecule has 0 unspecified atom stereocenters. The normalized spacial score (nSPS) is 16.0. The van der Waals surface area contributed by atoms with Crippen molar-refractivity contribution in [1.82, 2.24) is 5.32 Å². The van der Waals surface area contributed by atoms with Crippen molar-refractivity contribution in [3.05, 3.63) is 64.7 Å². The number of benzene rings is 2. The van der Waals surface area contributed by atoms with E-state index in [-0.39, 0.29) is 18.6 Å². The second kappa shape index (κ2) is 10.5. The summed E-state index contributed by atoms with van der Waals surface area (Å²) in [4.78, 5) is 25.2. The van der Waals surface area contributed by atoms with Gasteiger partial charge in [-0.15, -0.1) is 11.8 Å². The van der Waals surface area contributed by atoms with Gasteiger partial charge in [0.15, 0.2) is 6.61 Å². The zero-order valence-electron chi connectivity index (χ0n) is 15.4. The molecule has 1 saturated heterocycles. The predicted molar refractivity (Wildman–Crippen MR) is 110 cm³/mol. The summed E-state index contributed by atoms with van der Waals surface area (Å²) in [6.45, 7) is 0.832. The van der Waals surface area contributed by atoms with E-state index < -0.39 is 5.97 Å². The summed E-state index contributed by atoms with van der Waals surface area (Å²) in [5.41, 5.74) is 1.39. The maximum absolute atomic E-state index is 12.4. The molecule has 0 aliphatic carbocycles. The Morgan fingerprint density at radius 2 is 1.96 bits per heavy atom. The molecule has 7 heteroatoms. The first-order chi connectivity index (χ1) is 13.6. The van der Waals surface area contributed by atoms with Gasteiger partial charge >= 0.3 is 5.97 Å². The highest BCUT2D eigenvalue weighted by atomic mass is 35.5. The van der Waals surface area contributed by atoms with Gasteiger partial charge in [-0.05, 0) is 42.7 Å². The molecule has 28 heavy (non-hydrogen) atoms. The number of esters is 1. The van der Waals surface area contributed by atoms with Crippen molar-refractivity contribution < 1.29 is 19.1 Å². The van der Waals surface area contributed by atoms with E-state index in [0.717, 1.165) is 35.7 Å². The van der Waals surface area contributed by atoms with E-state index in [1.54, 1.807) is 36.0 Å². The minimum atomic E-state index is -0.503. The summed E-state index contributed by atoms with van der Waals surface area (Å²) >= 11 is 7.41. The largest absolute Gasteiger partial charge is 0.452 e. The van der Waals surface area contributed by atoms with Crippen molar-refractivity contribution in [3.63, 3.8) is 0 Å². The predicted octanol–water partition coefficient (Wildman–Crippen LogP) is 4.08. The third-order valence-corrected chi connectivity index (χ3v) is 5.75. The maximum Gasteiger partial charge on any atom is 0.339 e. The van der Waals surface area contributed by atoms with Gasteiger partial charge in [0, 0.05) is 28.8 Å². The Labute approximate surface area is 173 Å². The fraction of sp³-hybridized carbons (Fsp3) is 0.333. The molecule has 1 heterocycles. The molecule has 0 radical (unpaired) electrons. The standard InChI is InChI=1S/C21H22ClNO4S/c22-16-9-7-15(8-10-16)12-23-20(24)13-27-21(25)18-5-1-2-6-19(18)28-14-17-4-3-11-26-17/h1-2,5-10,17H,3-4,11-14H2,(H,23,24)/t17-/m1/s1. The van der Waals surface area contributed by atoms with Crippen LogP contribution in [0.3, 0.4) is 0 Å². The van der Waals surface area contributed by atoms with Crippen molar-refractivity contribution in [3.8, 4) is 0 Å². The Bertz CT molecular complexity index is 806. The molecular formula is C21H22ClNO4S. The molecule has 1 atom stereocenters. The molecule has 0 saturated carbocycles. The highest BCUT2D eigenvalue weighted by Gasteiger charge is 2.19. The topological polar surface area (TPSA) is 64.6 Å². The fourth-order valence-electron chi connectivity index (χ4n) is 2.78. The molecule has 0 aromatic heterocycles. The summed E-state index contributed by atoms with van der Waals surface area (Å²) in [5, 5.41) is 3.36. The molecule has 1 aliphatic heterocycles. The summed E-state index contributed by atoms with van der Waals surface area (Å²) in [6, 6.07) is 14.4. The average Bonchev–Trinajstić information content (AvgIpc) is 3.24. The van der Waals surface area contributed by atoms with Crippen LogP contribution >= 0.6 is 23.4 Å². The van der Waals surface area contributed by atoms with Gasteiger partial charge in [-0.1, -0.05) is 35.9 Å². The highest BCUT2D eigenvalue weighted by molar-refractivity contribution is 7.99. The summed E-state index contributed by atoms with van der Waals surface area (Å²) in [6.07, 6.45) is 2.36. The van der Waals surface area contributed by atoms with E-state index in [2.05, 4.69) is 5.32 Å². The van der Waals surface area contributed by atoms with Gasteiger partial charge in [0.1, 0.15) is 0 Å². The van der Waals surface area contributed by atoms with Gasteiger partial charge in [0.2, 0.25) is 0 Å². The maximum atomic E-state index is 12.4. The third-order valence-electron chi connectivity index (χ3n) is 4.29. The highest BCUT2D eigenvalue weighted by Crippen LogP contribution is 2.27. The van der Waals surface area contributed by atoms with E-state index in [1.165, 1.54) is 0 Å². The minimum absolute atomic E-state index is 0.229. The zero-order valence-corrected chi connectivity index (χ0v) is 16.9. The van der Waals surface area contributed by atoms with Crippen LogP contribution in [-0.4, -0.2) is 36.9 Å². The first kappa shape index (κ1) is 20.7. The molecule has 5 nitrogen and oxygen atoms in total. The molecule has 0 spiro atoms. The van der Waals surface area contributed by atoms with Crippen LogP contribution < -0.4 is 5.32 Å². The number of rotatable bonds is 8. The SMILES string of the molecule is O=C(COC(=O)c1ccccc1SC[C@H]1CCCO1)NCc1ccc(Cl)cc1. The smallest absolute Gasteiger partial charge is 0.339 e. The van der Waals surface area contributed by atoms with Gasteiger partial charge in [-0.2, -0.15) is 0 Å². The van der Waals surface area contributed by atoms with Gasteiger partial charge in [0.25, 0.3) is 5.91 Å². The molecule has 148 valence electrons. The number of carbonyl (C=O) groups is 2. The number of ether oxygens (including phenoxy) is 2. The molecular weight excluding hydrogens is 398 g/mol. The van der Waals surface area contributed by atoms with Gasteiger partial charge in [-0.25, -0.2) is 4.79 Å². The van der Waals surface area contributed by atoms with E-state index in [1.807, 2.05) is 24.3 Å². The second-order valence-corrected chi connectivity index (χ2v) is 7.92. The summed E-state index contributed by atoms with van der Waals surface area (Å²) in [5.74, 6) is -0.0591. The van der Waals surface area contributed by atoms with E-state index in [4.69, 9.17) is 21.1 Å². The number of nitrogens with one attached hydrogen (secondary N) is 1. The van der Waals surface area contributed by atoms with Gasteiger partial charge < -0.3 is 14.8 Å². The number of hydrogen-bond acceptors (Lipinski definition) is 5. The van der Waals surface area contributed by atoms with Crippen LogP contribution in [0.15, 0.2) is 53.4 Å². The van der Waals surface area contributed by atoms with Crippen molar-refractivity contribution >= 4 is 35.2 Å². The monoisotopic (exact) mass is 419 g/mol. The molecule has 1 fully saturated rings. The van der Waals surface area contributed by atoms with Gasteiger partial charge in [0.05, 0.1) is 11.7 Å². The number of hydrogen-bond donors (Lipinski definition) is 1. The third kappa shape index (κ3) is 6.26. The van der Waals surface area contributed by atoms with E-state index in [0.29, 0.717) is 17.1 Å². The average molecular weight is 420 g/mol. The van der Waals surface area contributed by atoms with Crippen molar-refractivity contribution in [2.45, 2.75) is 30.4 Å². The molecule has 3 rings (SSSR count). The molecule has 2 aromatic carbocycles. The molecule has 1 amide bonds. The van der Waals surface area contributed by atoms with Crippen LogP contribution in [0.25, 0.3) is 0 Å². The zero-order chi connectivity index (χ0) is 19.8. The second-order valence-electron chi connectivity index (χ2n) is 6.42. The molecule has 1 aliphatic rings. The molecule has 1 N–H and O–H groups in total. The van der Waals surface area contributed by atoms with Crippen LogP contribution in [0.2, 0.25) is 5.02 Å². The Morgan fingerprint density at radius 3 is 2.71 bits per heavy atom. The Balaban J connectivity index is 1.47. The first-order valence-electron chi connectivity index (χ1n) is 9.13. The molecule has 0 bridgehead atoms. The van der Waals surface area contributed by atoms with Crippen molar-refractivity contribution in [2.24, 2.45) is 0 Å². The van der Waals surface area contributed by atoms with Crippen LogP contribution in [0.5, 0.6) is 0 Å².